The van der Waals surface area contributed by atoms with Gasteiger partial charge in [0.25, 0.3) is 0 Å². The van der Waals surface area contributed by atoms with Crippen LogP contribution in [0.25, 0.3) is 10.2 Å². The lowest BCUT2D eigenvalue weighted by Crippen LogP contribution is -1.81. The highest BCUT2D eigenvalue weighted by molar-refractivity contribution is 7.20. The van der Waals surface area contributed by atoms with Gasteiger partial charge in [-0.05, 0) is 18.2 Å². The monoisotopic (exact) mass is 240 g/mol. The van der Waals surface area contributed by atoms with Crippen molar-refractivity contribution in [1.82, 2.24) is 15.0 Å². The molecule has 0 saturated carbocycles. The zero-order valence-electron chi connectivity index (χ0n) is 8.82. The first-order chi connectivity index (χ1) is 8.42. The van der Waals surface area contributed by atoms with Gasteiger partial charge >= 0.3 is 0 Å². The van der Waals surface area contributed by atoms with E-state index < -0.39 is 0 Å². The number of para-hydroxylation sites is 1. The highest BCUT2D eigenvalue weighted by atomic mass is 32.1. The van der Waals surface area contributed by atoms with Crippen molar-refractivity contribution >= 4 is 33.7 Å². The smallest absolute Gasteiger partial charge is 0.235 e. The molecule has 17 heavy (non-hydrogen) atoms. The zero-order chi connectivity index (χ0) is 11.5. The Hall–Kier alpha value is -2.14. The van der Waals surface area contributed by atoms with E-state index in [9.17, 15) is 0 Å². The first kappa shape index (κ1) is 10.0. The molecule has 0 spiro atoms. The van der Waals surface area contributed by atoms with E-state index in [0.717, 1.165) is 15.2 Å². The summed E-state index contributed by atoms with van der Waals surface area (Å²) in [6, 6.07) is 9.77. The van der Waals surface area contributed by atoms with E-state index in [1.165, 1.54) is 0 Å². The highest BCUT2D eigenvalue weighted by Crippen LogP contribution is 2.20. The molecule has 2 aromatic heterocycles. The van der Waals surface area contributed by atoms with Gasteiger partial charge in [0.15, 0.2) is 0 Å². The average molecular weight is 240 g/mol. The number of thiazole rings is 1. The fourth-order valence-corrected chi connectivity index (χ4v) is 2.26. The molecule has 0 aliphatic rings. The second-order valence-corrected chi connectivity index (χ2v) is 4.39. The normalized spacial score (nSPS) is 11.3. The third-order valence-corrected chi connectivity index (χ3v) is 3.12. The molecule has 1 aromatic carbocycles. The Morgan fingerprint density at radius 3 is 2.71 bits per heavy atom. The predicted octanol–water partition coefficient (Wildman–Crippen LogP) is 2.84. The maximum Gasteiger partial charge on any atom is 0.249 e. The fourth-order valence-electron chi connectivity index (χ4n) is 1.42. The van der Waals surface area contributed by atoms with Crippen LogP contribution in [0.1, 0.15) is 5.01 Å². The Morgan fingerprint density at radius 2 is 1.88 bits per heavy atom. The third-order valence-electron chi connectivity index (χ3n) is 2.15. The molecule has 2 heterocycles. The number of benzene rings is 1. The van der Waals surface area contributed by atoms with Gasteiger partial charge in [0.05, 0.1) is 16.4 Å². The standard InChI is InChI=1S/C12H8N4S/c1-2-5-10-9(4-1)16-11(17-10)8-15-12-13-6-3-7-14-12/h1-8H/b15-8+. The number of fused-ring (bicyclic) bond motifs is 1. The minimum absolute atomic E-state index is 0.451. The molecule has 5 heteroatoms. The van der Waals surface area contributed by atoms with E-state index in [0.29, 0.717) is 5.95 Å². The van der Waals surface area contributed by atoms with Gasteiger partial charge in [-0.2, -0.15) is 0 Å². The van der Waals surface area contributed by atoms with Crippen molar-refractivity contribution in [1.29, 1.82) is 0 Å². The van der Waals surface area contributed by atoms with Crippen LogP contribution in [-0.4, -0.2) is 21.2 Å². The maximum atomic E-state index is 4.44. The molecule has 0 aliphatic heterocycles. The fraction of sp³-hybridized carbons (Fsp3) is 0. The first-order valence-corrected chi connectivity index (χ1v) is 5.90. The summed E-state index contributed by atoms with van der Waals surface area (Å²) in [5.74, 6) is 0.451. The summed E-state index contributed by atoms with van der Waals surface area (Å²) in [5.41, 5.74) is 0.993. The summed E-state index contributed by atoms with van der Waals surface area (Å²) in [4.78, 5) is 16.6. The lowest BCUT2D eigenvalue weighted by Gasteiger charge is -1.86. The van der Waals surface area contributed by atoms with Gasteiger partial charge < -0.3 is 0 Å². The Kier molecular flexibility index (Phi) is 2.59. The molecule has 3 rings (SSSR count). The minimum atomic E-state index is 0.451. The number of hydrogen-bond donors (Lipinski definition) is 0. The van der Waals surface area contributed by atoms with Gasteiger partial charge in [-0.1, -0.05) is 12.1 Å². The van der Waals surface area contributed by atoms with Crippen LogP contribution >= 0.6 is 11.3 Å². The van der Waals surface area contributed by atoms with E-state index in [1.54, 1.807) is 36.0 Å². The summed E-state index contributed by atoms with van der Waals surface area (Å²) in [6.07, 6.45) is 5.02. The van der Waals surface area contributed by atoms with Gasteiger partial charge in [0.1, 0.15) is 5.01 Å². The Morgan fingerprint density at radius 1 is 1.06 bits per heavy atom. The maximum absolute atomic E-state index is 4.44. The van der Waals surface area contributed by atoms with Crippen LogP contribution in [0, 0.1) is 0 Å². The third kappa shape index (κ3) is 2.19. The molecule has 3 aromatic rings. The topological polar surface area (TPSA) is 51.0 Å². The summed E-state index contributed by atoms with van der Waals surface area (Å²) < 4.78 is 1.16. The summed E-state index contributed by atoms with van der Waals surface area (Å²) >= 11 is 1.60. The zero-order valence-corrected chi connectivity index (χ0v) is 9.63. The molecule has 0 amide bonds. The Balaban J connectivity index is 1.92. The van der Waals surface area contributed by atoms with Gasteiger partial charge in [-0.3, -0.25) is 0 Å². The van der Waals surface area contributed by atoms with Gasteiger partial charge in [-0.25, -0.2) is 19.9 Å². The van der Waals surface area contributed by atoms with Crippen LogP contribution in [-0.2, 0) is 0 Å². The molecule has 0 bridgehead atoms. The highest BCUT2D eigenvalue weighted by Gasteiger charge is 2.00. The molecule has 82 valence electrons. The van der Waals surface area contributed by atoms with Crippen molar-refractivity contribution in [3.05, 3.63) is 47.7 Å². The number of nitrogens with zero attached hydrogens (tertiary/aromatic N) is 4. The van der Waals surface area contributed by atoms with E-state index >= 15 is 0 Å². The number of aromatic nitrogens is 3. The SMILES string of the molecule is C(=N\c1ncccn1)/c1nc2ccccc2s1. The molecule has 0 saturated heterocycles. The van der Waals surface area contributed by atoms with E-state index in [-0.39, 0.29) is 0 Å². The summed E-state index contributed by atoms with van der Waals surface area (Å²) in [7, 11) is 0. The predicted molar refractivity (Wildman–Crippen MR) is 68.9 cm³/mol. The van der Waals surface area contributed by atoms with Crippen LogP contribution < -0.4 is 0 Å². The lowest BCUT2D eigenvalue weighted by molar-refractivity contribution is 1.14. The van der Waals surface area contributed by atoms with Crippen LogP contribution in [0.5, 0.6) is 0 Å². The van der Waals surface area contributed by atoms with Crippen molar-refractivity contribution in [3.63, 3.8) is 0 Å². The Bertz CT molecular complexity index is 627. The molecule has 0 radical (unpaired) electrons. The molecule has 4 nitrogen and oxygen atoms in total. The van der Waals surface area contributed by atoms with E-state index in [1.807, 2.05) is 24.3 Å². The summed E-state index contributed by atoms with van der Waals surface area (Å²) in [6.45, 7) is 0. The largest absolute Gasteiger partial charge is 0.249 e. The van der Waals surface area contributed by atoms with E-state index in [2.05, 4.69) is 19.9 Å². The quantitative estimate of drug-likeness (QED) is 0.647. The van der Waals surface area contributed by atoms with Gasteiger partial charge in [0, 0.05) is 12.4 Å². The summed E-state index contributed by atoms with van der Waals surface area (Å²) in [5, 5.41) is 0.860. The lowest BCUT2D eigenvalue weighted by atomic mass is 10.3. The van der Waals surface area contributed by atoms with Gasteiger partial charge in [-0.15, -0.1) is 11.3 Å². The van der Waals surface area contributed by atoms with E-state index in [4.69, 9.17) is 0 Å². The molecular weight excluding hydrogens is 232 g/mol. The van der Waals surface area contributed by atoms with Crippen molar-refractivity contribution in [2.24, 2.45) is 4.99 Å². The van der Waals surface area contributed by atoms with Crippen LogP contribution in [0.4, 0.5) is 5.95 Å². The first-order valence-electron chi connectivity index (χ1n) is 5.08. The molecule has 0 aliphatic carbocycles. The molecule has 0 N–H and O–H groups in total. The van der Waals surface area contributed by atoms with Crippen molar-refractivity contribution in [2.45, 2.75) is 0 Å². The van der Waals surface area contributed by atoms with Crippen LogP contribution in [0.3, 0.4) is 0 Å². The second kappa shape index (κ2) is 4.39. The van der Waals surface area contributed by atoms with Crippen LogP contribution in [0.2, 0.25) is 0 Å². The second-order valence-electron chi connectivity index (χ2n) is 3.33. The average Bonchev–Trinajstić information content (AvgIpc) is 2.80. The van der Waals surface area contributed by atoms with Crippen molar-refractivity contribution in [3.8, 4) is 0 Å². The molecule has 0 fully saturated rings. The molecule has 0 atom stereocenters. The number of hydrogen-bond acceptors (Lipinski definition) is 5. The van der Waals surface area contributed by atoms with Crippen LogP contribution in [0.15, 0.2) is 47.7 Å². The van der Waals surface area contributed by atoms with Gasteiger partial charge in [0.2, 0.25) is 5.95 Å². The molecule has 0 unspecified atom stereocenters. The van der Waals surface area contributed by atoms with Crippen molar-refractivity contribution in [2.75, 3.05) is 0 Å². The van der Waals surface area contributed by atoms with Crippen molar-refractivity contribution < 1.29 is 0 Å². The minimum Gasteiger partial charge on any atom is -0.235 e. The number of aliphatic imine (C=N–C) groups is 1. The Labute approximate surface area is 102 Å². The molecular formula is C12H8N4S. The number of rotatable bonds is 2.